The molecule has 0 aromatic heterocycles. The van der Waals surface area contributed by atoms with Crippen molar-refractivity contribution >= 4 is 0 Å². The summed E-state index contributed by atoms with van der Waals surface area (Å²) < 4.78 is 0. The summed E-state index contributed by atoms with van der Waals surface area (Å²) in [7, 11) is 0. The van der Waals surface area contributed by atoms with E-state index in [4.69, 9.17) is 0 Å². The lowest BCUT2D eigenvalue weighted by molar-refractivity contribution is 0.485. The number of rotatable bonds is 5. The first-order chi connectivity index (χ1) is 10.2. The van der Waals surface area contributed by atoms with Crippen molar-refractivity contribution < 1.29 is 0 Å². The van der Waals surface area contributed by atoms with Crippen LogP contribution in [0.25, 0.3) is 0 Å². The highest BCUT2D eigenvalue weighted by molar-refractivity contribution is 5.26. The third-order valence-corrected chi connectivity index (χ3v) is 3.42. The summed E-state index contributed by atoms with van der Waals surface area (Å²) >= 11 is 0. The molecule has 0 aliphatic carbocycles. The van der Waals surface area contributed by atoms with E-state index < -0.39 is 5.92 Å². The van der Waals surface area contributed by atoms with Crippen molar-refractivity contribution in [3.05, 3.63) is 71.3 Å². The second-order valence-corrected chi connectivity index (χ2v) is 4.99. The average Bonchev–Trinajstić information content (AvgIpc) is 2.54. The minimum atomic E-state index is -0.710. The first-order valence-corrected chi connectivity index (χ1v) is 6.87. The summed E-state index contributed by atoms with van der Waals surface area (Å²) in [6, 6.07) is 21.7. The molecule has 104 valence electrons. The third kappa shape index (κ3) is 3.92. The van der Waals surface area contributed by atoms with Gasteiger partial charge in [0, 0.05) is 6.54 Å². The van der Waals surface area contributed by atoms with Crippen LogP contribution in [0.4, 0.5) is 0 Å². The van der Waals surface area contributed by atoms with Gasteiger partial charge < -0.3 is 5.32 Å². The van der Waals surface area contributed by atoms with E-state index in [2.05, 4.69) is 41.7 Å². The molecule has 0 aliphatic rings. The SMILES string of the molecule is Cc1ccc(CNC(c2ccccc2)C(C#N)C#N)cc1. The first-order valence-electron chi connectivity index (χ1n) is 6.87. The van der Waals surface area contributed by atoms with Crippen molar-refractivity contribution in [2.45, 2.75) is 19.5 Å². The molecule has 1 atom stereocenters. The van der Waals surface area contributed by atoms with Gasteiger partial charge in [0.1, 0.15) is 0 Å². The van der Waals surface area contributed by atoms with Gasteiger partial charge in [-0.05, 0) is 18.1 Å². The number of nitrogens with one attached hydrogen (secondary N) is 1. The van der Waals surface area contributed by atoms with E-state index in [1.165, 1.54) is 5.56 Å². The maximum Gasteiger partial charge on any atom is 0.152 e. The van der Waals surface area contributed by atoms with Gasteiger partial charge in [-0.25, -0.2) is 0 Å². The zero-order valence-corrected chi connectivity index (χ0v) is 12.0. The average molecular weight is 275 g/mol. The van der Waals surface area contributed by atoms with Gasteiger partial charge in [0.2, 0.25) is 0 Å². The summed E-state index contributed by atoms with van der Waals surface area (Å²) in [4.78, 5) is 0. The van der Waals surface area contributed by atoms with Crippen LogP contribution in [-0.4, -0.2) is 0 Å². The Morgan fingerprint density at radius 2 is 1.57 bits per heavy atom. The molecule has 2 aromatic carbocycles. The maximum absolute atomic E-state index is 9.18. The largest absolute Gasteiger partial charge is 0.304 e. The molecular formula is C18H17N3. The fourth-order valence-electron chi connectivity index (χ4n) is 2.20. The van der Waals surface area contributed by atoms with E-state index in [1.54, 1.807) is 0 Å². The molecule has 1 unspecified atom stereocenters. The smallest absolute Gasteiger partial charge is 0.152 e. The normalized spacial score (nSPS) is 11.6. The number of hydrogen-bond donors (Lipinski definition) is 1. The van der Waals surface area contributed by atoms with Crippen LogP contribution in [0.5, 0.6) is 0 Å². The van der Waals surface area contributed by atoms with Crippen LogP contribution in [0.3, 0.4) is 0 Å². The van der Waals surface area contributed by atoms with Gasteiger partial charge in [0.15, 0.2) is 5.92 Å². The van der Waals surface area contributed by atoms with Crippen LogP contribution in [0.2, 0.25) is 0 Å². The summed E-state index contributed by atoms with van der Waals surface area (Å²) in [5.74, 6) is -0.710. The molecule has 3 nitrogen and oxygen atoms in total. The highest BCUT2D eigenvalue weighted by atomic mass is 14.9. The van der Waals surface area contributed by atoms with Gasteiger partial charge in [-0.1, -0.05) is 60.2 Å². The summed E-state index contributed by atoms with van der Waals surface area (Å²) in [5.41, 5.74) is 3.30. The summed E-state index contributed by atoms with van der Waals surface area (Å²) in [6.07, 6.45) is 0. The lowest BCUT2D eigenvalue weighted by Gasteiger charge is -2.20. The second kappa shape index (κ2) is 7.24. The topological polar surface area (TPSA) is 59.6 Å². The number of nitrogens with zero attached hydrogens (tertiary/aromatic N) is 2. The van der Waals surface area contributed by atoms with Crippen molar-refractivity contribution in [2.75, 3.05) is 0 Å². The Hall–Kier alpha value is -2.62. The predicted octanol–water partition coefficient (Wildman–Crippen LogP) is 3.49. The fourth-order valence-corrected chi connectivity index (χ4v) is 2.20. The molecule has 1 N–H and O–H groups in total. The van der Waals surface area contributed by atoms with Crippen molar-refractivity contribution in [1.29, 1.82) is 10.5 Å². The third-order valence-electron chi connectivity index (χ3n) is 3.42. The van der Waals surface area contributed by atoms with E-state index >= 15 is 0 Å². The lowest BCUT2D eigenvalue weighted by atomic mass is 9.95. The molecule has 2 rings (SSSR count). The fraction of sp³-hybridized carbons (Fsp3) is 0.222. The molecule has 0 saturated carbocycles. The van der Waals surface area contributed by atoms with Gasteiger partial charge in [0.25, 0.3) is 0 Å². The van der Waals surface area contributed by atoms with E-state index in [-0.39, 0.29) is 6.04 Å². The van der Waals surface area contributed by atoms with E-state index in [1.807, 2.05) is 37.3 Å². The van der Waals surface area contributed by atoms with Crippen LogP contribution in [0.15, 0.2) is 54.6 Å². The Bertz CT molecular complexity index is 634. The number of aryl methyl sites for hydroxylation is 1. The van der Waals surface area contributed by atoms with E-state index in [9.17, 15) is 10.5 Å². The van der Waals surface area contributed by atoms with Gasteiger partial charge in [0.05, 0.1) is 18.2 Å². The molecular weight excluding hydrogens is 258 g/mol. The van der Waals surface area contributed by atoms with Crippen LogP contribution >= 0.6 is 0 Å². The zero-order chi connectivity index (χ0) is 15.1. The Morgan fingerprint density at radius 1 is 0.952 bits per heavy atom. The molecule has 0 radical (unpaired) electrons. The van der Waals surface area contributed by atoms with Crippen LogP contribution in [0, 0.1) is 35.5 Å². The molecule has 2 aromatic rings. The molecule has 21 heavy (non-hydrogen) atoms. The highest BCUT2D eigenvalue weighted by Gasteiger charge is 2.22. The molecule has 0 amide bonds. The zero-order valence-electron chi connectivity index (χ0n) is 12.0. The van der Waals surface area contributed by atoms with Crippen LogP contribution in [-0.2, 0) is 6.54 Å². The van der Waals surface area contributed by atoms with Gasteiger partial charge >= 0.3 is 0 Å². The van der Waals surface area contributed by atoms with Crippen molar-refractivity contribution in [3.8, 4) is 12.1 Å². The second-order valence-electron chi connectivity index (χ2n) is 4.99. The molecule has 0 aliphatic heterocycles. The Labute approximate surface area is 125 Å². The maximum atomic E-state index is 9.18. The number of benzene rings is 2. The van der Waals surface area contributed by atoms with E-state index in [0.29, 0.717) is 6.54 Å². The minimum absolute atomic E-state index is 0.289. The highest BCUT2D eigenvalue weighted by Crippen LogP contribution is 2.22. The molecule has 0 bridgehead atoms. The van der Waals surface area contributed by atoms with Gasteiger partial charge in [-0.3, -0.25) is 0 Å². The van der Waals surface area contributed by atoms with Crippen molar-refractivity contribution in [3.63, 3.8) is 0 Å². The number of hydrogen-bond acceptors (Lipinski definition) is 3. The van der Waals surface area contributed by atoms with Gasteiger partial charge in [-0.15, -0.1) is 0 Å². The standard InChI is InChI=1S/C18H17N3/c1-14-7-9-15(10-8-14)13-21-18(17(11-19)12-20)16-5-3-2-4-6-16/h2-10,17-18,21H,13H2,1H3. The Kier molecular flexibility index (Phi) is 5.10. The van der Waals surface area contributed by atoms with Crippen molar-refractivity contribution in [2.24, 2.45) is 5.92 Å². The first kappa shape index (κ1) is 14.8. The van der Waals surface area contributed by atoms with E-state index in [0.717, 1.165) is 11.1 Å². The molecule has 0 saturated heterocycles. The quantitative estimate of drug-likeness (QED) is 0.908. The minimum Gasteiger partial charge on any atom is -0.304 e. The Morgan fingerprint density at radius 3 is 2.14 bits per heavy atom. The molecule has 0 heterocycles. The predicted molar refractivity (Wildman–Crippen MR) is 81.9 cm³/mol. The van der Waals surface area contributed by atoms with Gasteiger partial charge in [-0.2, -0.15) is 10.5 Å². The molecule has 3 heteroatoms. The van der Waals surface area contributed by atoms with Crippen LogP contribution < -0.4 is 5.32 Å². The summed E-state index contributed by atoms with van der Waals surface area (Å²) in [6.45, 7) is 2.67. The lowest BCUT2D eigenvalue weighted by Crippen LogP contribution is -2.26. The Balaban J connectivity index is 2.15. The molecule has 0 fully saturated rings. The number of nitriles is 2. The van der Waals surface area contributed by atoms with Crippen LogP contribution in [0.1, 0.15) is 22.7 Å². The summed E-state index contributed by atoms with van der Waals surface area (Å²) in [5, 5.41) is 21.7. The molecule has 0 spiro atoms. The monoisotopic (exact) mass is 275 g/mol. The van der Waals surface area contributed by atoms with Crippen molar-refractivity contribution in [1.82, 2.24) is 5.32 Å².